The Labute approximate surface area is 150 Å². The van der Waals surface area contributed by atoms with Gasteiger partial charge in [-0.25, -0.2) is 0 Å². The number of rotatable bonds is 5. The lowest BCUT2D eigenvalue weighted by molar-refractivity contribution is -0.0513. The van der Waals surface area contributed by atoms with Gasteiger partial charge in [0.25, 0.3) is 5.91 Å². The maximum absolute atomic E-state index is 12.8. The zero-order valence-electron chi connectivity index (χ0n) is 14.2. The molecule has 3 rings (SSSR count). The van der Waals surface area contributed by atoms with Gasteiger partial charge in [0.2, 0.25) is 0 Å². The standard InChI is InChI=1S/C19H19F2NO4/c1-24-15-8-7-14(11-16(15)26-19(20)21)18(23)22-9-10-25-17(12-22)13-5-3-2-4-6-13/h2-8,11,17,19H,9-10,12H2,1H3/t17-/m1/s1. The summed E-state index contributed by atoms with van der Waals surface area (Å²) >= 11 is 0. The fraction of sp³-hybridized carbons (Fsp3) is 0.316. The van der Waals surface area contributed by atoms with Gasteiger partial charge in [0.15, 0.2) is 11.5 Å². The molecule has 0 spiro atoms. The van der Waals surface area contributed by atoms with E-state index in [2.05, 4.69) is 4.74 Å². The molecule has 0 unspecified atom stereocenters. The number of nitrogens with zero attached hydrogens (tertiary/aromatic N) is 1. The fourth-order valence-corrected chi connectivity index (χ4v) is 2.88. The quantitative estimate of drug-likeness (QED) is 0.816. The molecule has 1 saturated heterocycles. The predicted molar refractivity (Wildman–Crippen MR) is 90.7 cm³/mol. The molecule has 2 aromatic carbocycles. The minimum Gasteiger partial charge on any atom is -0.493 e. The molecule has 1 aliphatic rings. The topological polar surface area (TPSA) is 48.0 Å². The lowest BCUT2D eigenvalue weighted by Crippen LogP contribution is -2.42. The summed E-state index contributed by atoms with van der Waals surface area (Å²) in [5.41, 5.74) is 1.25. The highest BCUT2D eigenvalue weighted by Crippen LogP contribution is 2.31. The first kappa shape index (κ1) is 18.1. The molecule has 0 saturated carbocycles. The molecule has 0 aromatic heterocycles. The Kier molecular flexibility index (Phi) is 5.68. The lowest BCUT2D eigenvalue weighted by atomic mass is 10.1. The van der Waals surface area contributed by atoms with E-state index in [0.29, 0.717) is 19.7 Å². The van der Waals surface area contributed by atoms with Crippen LogP contribution in [0.4, 0.5) is 8.78 Å². The first-order valence-corrected chi connectivity index (χ1v) is 8.17. The molecule has 0 radical (unpaired) electrons. The van der Waals surface area contributed by atoms with Crippen LogP contribution in [0.5, 0.6) is 11.5 Å². The van der Waals surface area contributed by atoms with Gasteiger partial charge in [0, 0.05) is 12.1 Å². The fourth-order valence-electron chi connectivity index (χ4n) is 2.88. The van der Waals surface area contributed by atoms with Crippen LogP contribution in [0.15, 0.2) is 48.5 Å². The van der Waals surface area contributed by atoms with Crippen molar-refractivity contribution in [2.45, 2.75) is 12.7 Å². The van der Waals surface area contributed by atoms with Crippen LogP contribution in [-0.4, -0.2) is 44.2 Å². The molecule has 26 heavy (non-hydrogen) atoms. The van der Waals surface area contributed by atoms with Crippen molar-refractivity contribution in [3.8, 4) is 11.5 Å². The number of carbonyl (C=O) groups excluding carboxylic acids is 1. The highest BCUT2D eigenvalue weighted by molar-refractivity contribution is 5.95. The van der Waals surface area contributed by atoms with E-state index < -0.39 is 6.61 Å². The lowest BCUT2D eigenvalue weighted by Gasteiger charge is -2.33. The van der Waals surface area contributed by atoms with Gasteiger partial charge in [0.1, 0.15) is 6.10 Å². The van der Waals surface area contributed by atoms with Crippen LogP contribution in [0.1, 0.15) is 22.0 Å². The van der Waals surface area contributed by atoms with E-state index in [4.69, 9.17) is 9.47 Å². The second-order valence-electron chi connectivity index (χ2n) is 5.77. The third-order valence-corrected chi connectivity index (χ3v) is 4.15. The first-order chi connectivity index (χ1) is 12.6. The summed E-state index contributed by atoms with van der Waals surface area (Å²) in [6, 6.07) is 13.9. The smallest absolute Gasteiger partial charge is 0.387 e. The summed E-state index contributed by atoms with van der Waals surface area (Å²) in [5.74, 6) is -0.289. The van der Waals surface area contributed by atoms with Gasteiger partial charge < -0.3 is 19.1 Å². The van der Waals surface area contributed by atoms with Crippen molar-refractivity contribution in [3.63, 3.8) is 0 Å². The van der Waals surface area contributed by atoms with Crippen LogP contribution in [0.25, 0.3) is 0 Å². The molecule has 1 heterocycles. The molecular weight excluding hydrogens is 344 g/mol. The number of halogens is 2. The average Bonchev–Trinajstić information content (AvgIpc) is 2.67. The number of methoxy groups -OCH3 is 1. The van der Waals surface area contributed by atoms with Crippen LogP contribution in [0.2, 0.25) is 0 Å². The van der Waals surface area contributed by atoms with E-state index in [0.717, 1.165) is 5.56 Å². The van der Waals surface area contributed by atoms with Gasteiger partial charge in [0.05, 0.1) is 20.3 Å². The van der Waals surface area contributed by atoms with Crippen molar-refractivity contribution < 1.29 is 27.8 Å². The van der Waals surface area contributed by atoms with Gasteiger partial charge in [-0.3, -0.25) is 4.79 Å². The molecule has 1 aliphatic heterocycles. The van der Waals surface area contributed by atoms with E-state index >= 15 is 0 Å². The van der Waals surface area contributed by atoms with Crippen molar-refractivity contribution in [2.24, 2.45) is 0 Å². The molecule has 1 amide bonds. The Hall–Kier alpha value is -2.67. The maximum atomic E-state index is 12.8. The molecule has 5 nitrogen and oxygen atoms in total. The average molecular weight is 363 g/mol. The predicted octanol–water partition coefficient (Wildman–Crippen LogP) is 3.51. The minimum atomic E-state index is -3.00. The number of morpholine rings is 1. The van der Waals surface area contributed by atoms with E-state index in [1.807, 2.05) is 30.3 Å². The van der Waals surface area contributed by atoms with Gasteiger partial charge in [-0.1, -0.05) is 30.3 Å². The second kappa shape index (κ2) is 8.14. The second-order valence-corrected chi connectivity index (χ2v) is 5.77. The van der Waals surface area contributed by atoms with Crippen LogP contribution in [0.3, 0.4) is 0 Å². The zero-order valence-corrected chi connectivity index (χ0v) is 14.2. The number of benzene rings is 2. The maximum Gasteiger partial charge on any atom is 0.387 e. The molecular formula is C19H19F2NO4. The molecule has 1 fully saturated rings. The van der Waals surface area contributed by atoms with E-state index in [1.54, 1.807) is 4.90 Å². The molecule has 0 aliphatic carbocycles. The van der Waals surface area contributed by atoms with Gasteiger partial charge in [-0.05, 0) is 23.8 Å². The normalized spacial score (nSPS) is 17.2. The van der Waals surface area contributed by atoms with Crippen LogP contribution >= 0.6 is 0 Å². The third kappa shape index (κ3) is 4.11. The van der Waals surface area contributed by atoms with Crippen molar-refractivity contribution in [3.05, 3.63) is 59.7 Å². The molecule has 7 heteroatoms. The van der Waals surface area contributed by atoms with Crippen molar-refractivity contribution >= 4 is 5.91 Å². The summed E-state index contributed by atoms with van der Waals surface area (Å²) in [5, 5.41) is 0. The van der Waals surface area contributed by atoms with Crippen LogP contribution in [-0.2, 0) is 4.74 Å². The van der Waals surface area contributed by atoms with Crippen molar-refractivity contribution in [2.75, 3.05) is 26.8 Å². The highest BCUT2D eigenvalue weighted by atomic mass is 19.3. The first-order valence-electron chi connectivity index (χ1n) is 8.17. The molecule has 2 aromatic rings. The number of carbonyl (C=O) groups is 1. The summed E-state index contributed by atoms with van der Waals surface area (Å²) in [7, 11) is 1.35. The summed E-state index contributed by atoms with van der Waals surface area (Å²) in [4.78, 5) is 14.4. The van der Waals surface area contributed by atoms with Crippen LogP contribution in [0, 0.1) is 0 Å². The molecule has 138 valence electrons. The number of amides is 1. The van der Waals surface area contributed by atoms with E-state index in [9.17, 15) is 13.6 Å². The van der Waals surface area contributed by atoms with Crippen molar-refractivity contribution in [1.29, 1.82) is 0 Å². The molecule has 0 bridgehead atoms. The summed E-state index contributed by atoms with van der Waals surface area (Å²) < 4.78 is 40.4. The Balaban J connectivity index is 1.78. The zero-order chi connectivity index (χ0) is 18.5. The minimum absolute atomic E-state index is 0.144. The Morgan fingerprint density at radius 2 is 1.96 bits per heavy atom. The van der Waals surface area contributed by atoms with E-state index in [1.165, 1.54) is 25.3 Å². The number of hydrogen-bond donors (Lipinski definition) is 0. The van der Waals surface area contributed by atoms with Crippen LogP contribution < -0.4 is 9.47 Å². The van der Waals surface area contributed by atoms with E-state index in [-0.39, 0.29) is 29.1 Å². The van der Waals surface area contributed by atoms with Gasteiger partial charge >= 0.3 is 6.61 Å². The van der Waals surface area contributed by atoms with Gasteiger partial charge in [-0.15, -0.1) is 0 Å². The molecule has 1 atom stereocenters. The Morgan fingerprint density at radius 1 is 1.19 bits per heavy atom. The number of ether oxygens (including phenoxy) is 3. The van der Waals surface area contributed by atoms with Gasteiger partial charge in [-0.2, -0.15) is 8.78 Å². The third-order valence-electron chi connectivity index (χ3n) is 4.15. The monoisotopic (exact) mass is 363 g/mol. The Bertz CT molecular complexity index is 754. The van der Waals surface area contributed by atoms with Crippen molar-refractivity contribution in [1.82, 2.24) is 4.90 Å². The highest BCUT2D eigenvalue weighted by Gasteiger charge is 2.27. The summed E-state index contributed by atoms with van der Waals surface area (Å²) in [6.07, 6.45) is -0.219. The largest absolute Gasteiger partial charge is 0.493 e. The number of hydrogen-bond acceptors (Lipinski definition) is 4. The number of alkyl halides is 2. The summed E-state index contributed by atoms with van der Waals surface area (Å²) in [6.45, 7) is -1.78. The SMILES string of the molecule is COc1ccc(C(=O)N2CCO[C@@H](c3ccccc3)C2)cc1OC(F)F. The Morgan fingerprint density at radius 3 is 2.65 bits per heavy atom. The molecule has 0 N–H and O–H groups in total.